The molecule has 2 heterocycles. The second kappa shape index (κ2) is 9.96. The molecule has 0 radical (unpaired) electrons. The second-order valence-electron chi connectivity index (χ2n) is 9.95. The first kappa shape index (κ1) is 27.2. The molecule has 0 aliphatic carbocycles. The standard InChI is InChI=1S/C28H28F3N3O4S/c1-18-27(12-14-32-15-13-27)24-16-19(26(35)33-17-20-4-2-3-5-23(20)28(30,31)36)6-11-25(24)34(18)39(37,38)22-9-7-21(29)8-10-22/h2-11,16,18,32,36H,12-15,17H2,1H3,(H,33,35). The Morgan fingerprint density at radius 3 is 2.44 bits per heavy atom. The van der Waals surface area contributed by atoms with Gasteiger partial charge in [-0.2, -0.15) is 8.78 Å². The van der Waals surface area contributed by atoms with Crippen molar-refractivity contribution in [2.45, 2.75) is 48.8 Å². The van der Waals surface area contributed by atoms with Crippen LogP contribution in [0.25, 0.3) is 0 Å². The van der Waals surface area contributed by atoms with E-state index in [0.717, 1.165) is 23.8 Å². The maximum atomic E-state index is 13.8. The van der Waals surface area contributed by atoms with Gasteiger partial charge in [0.15, 0.2) is 0 Å². The number of hydrogen-bond donors (Lipinski definition) is 3. The molecule has 0 aromatic heterocycles. The molecule has 11 heteroatoms. The summed E-state index contributed by atoms with van der Waals surface area (Å²) in [6, 6.07) is 14.4. The minimum atomic E-state index is -4.05. The number of benzene rings is 3. The quantitative estimate of drug-likeness (QED) is 0.424. The zero-order valence-corrected chi connectivity index (χ0v) is 21.9. The third-order valence-electron chi connectivity index (χ3n) is 7.83. The molecule has 1 unspecified atom stereocenters. The van der Waals surface area contributed by atoms with E-state index >= 15 is 0 Å². The number of carbonyl (C=O) groups excluding carboxylic acids is 1. The summed E-state index contributed by atoms with van der Waals surface area (Å²) in [5.74, 6) is -1.06. The van der Waals surface area contributed by atoms with Crippen LogP contribution >= 0.6 is 0 Å². The van der Waals surface area contributed by atoms with Crippen molar-refractivity contribution >= 4 is 21.6 Å². The van der Waals surface area contributed by atoms with Crippen LogP contribution in [0.15, 0.2) is 71.6 Å². The van der Waals surface area contributed by atoms with E-state index in [4.69, 9.17) is 0 Å². The van der Waals surface area contributed by atoms with Crippen molar-refractivity contribution in [3.63, 3.8) is 0 Å². The van der Waals surface area contributed by atoms with E-state index in [1.807, 2.05) is 6.92 Å². The molecule has 1 fully saturated rings. The SMILES string of the molecule is CC1N(S(=O)(=O)c2ccc(F)cc2)c2ccc(C(=O)NCc3ccccc3C(O)(F)F)cc2C12CCNCC2. The number of nitrogens with zero attached hydrogens (tertiary/aromatic N) is 1. The Balaban J connectivity index is 1.50. The van der Waals surface area contributed by atoms with Crippen molar-refractivity contribution in [2.75, 3.05) is 17.4 Å². The normalized spacial score (nSPS) is 18.7. The van der Waals surface area contributed by atoms with Gasteiger partial charge in [0.1, 0.15) is 5.82 Å². The number of alkyl halides is 2. The average Bonchev–Trinajstić information content (AvgIpc) is 3.14. The van der Waals surface area contributed by atoms with E-state index in [1.165, 1.54) is 40.7 Å². The summed E-state index contributed by atoms with van der Waals surface area (Å²) in [7, 11) is -4.04. The molecular weight excluding hydrogens is 531 g/mol. The van der Waals surface area contributed by atoms with Crippen molar-refractivity contribution < 1.29 is 31.5 Å². The van der Waals surface area contributed by atoms with Crippen molar-refractivity contribution in [3.8, 4) is 0 Å². The molecule has 7 nitrogen and oxygen atoms in total. The first-order chi connectivity index (χ1) is 18.4. The molecule has 1 spiro atoms. The summed E-state index contributed by atoms with van der Waals surface area (Å²) in [4.78, 5) is 13.1. The molecule has 0 saturated carbocycles. The fourth-order valence-corrected chi connectivity index (χ4v) is 7.53. The molecule has 1 saturated heterocycles. The third-order valence-corrected chi connectivity index (χ3v) is 9.73. The highest BCUT2D eigenvalue weighted by molar-refractivity contribution is 7.92. The fourth-order valence-electron chi connectivity index (χ4n) is 5.79. The summed E-state index contributed by atoms with van der Waals surface area (Å²) < 4.78 is 69.6. The molecule has 2 aliphatic heterocycles. The number of aliphatic hydroxyl groups is 1. The molecule has 5 rings (SSSR count). The number of sulfonamides is 1. The van der Waals surface area contributed by atoms with Gasteiger partial charge in [0.05, 0.1) is 22.2 Å². The van der Waals surface area contributed by atoms with Crippen LogP contribution < -0.4 is 14.9 Å². The molecule has 3 aromatic rings. The number of rotatable bonds is 6. The van der Waals surface area contributed by atoms with Crippen LogP contribution in [0, 0.1) is 5.82 Å². The van der Waals surface area contributed by atoms with Crippen molar-refractivity contribution in [1.29, 1.82) is 0 Å². The summed E-state index contributed by atoms with van der Waals surface area (Å²) in [6.07, 6.45) is -2.77. The molecule has 1 atom stereocenters. The summed E-state index contributed by atoms with van der Waals surface area (Å²) >= 11 is 0. The second-order valence-corrected chi connectivity index (χ2v) is 11.8. The van der Waals surface area contributed by atoms with Crippen LogP contribution in [0.2, 0.25) is 0 Å². The topological polar surface area (TPSA) is 98.7 Å². The number of halogens is 3. The number of amides is 1. The van der Waals surface area contributed by atoms with E-state index in [-0.39, 0.29) is 22.6 Å². The number of nitrogens with one attached hydrogen (secondary N) is 2. The van der Waals surface area contributed by atoms with Gasteiger partial charge in [0.25, 0.3) is 15.9 Å². The van der Waals surface area contributed by atoms with Gasteiger partial charge in [-0.15, -0.1) is 0 Å². The van der Waals surface area contributed by atoms with Crippen LogP contribution in [0.5, 0.6) is 0 Å². The Morgan fingerprint density at radius 1 is 1.10 bits per heavy atom. The van der Waals surface area contributed by atoms with E-state index < -0.39 is 44.9 Å². The molecule has 206 valence electrons. The van der Waals surface area contributed by atoms with Gasteiger partial charge >= 0.3 is 6.11 Å². The zero-order chi connectivity index (χ0) is 28.0. The summed E-state index contributed by atoms with van der Waals surface area (Å²) in [5.41, 5.74) is 0.346. The largest absolute Gasteiger partial charge is 0.381 e. The predicted octanol–water partition coefficient (Wildman–Crippen LogP) is 4.02. The van der Waals surface area contributed by atoms with E-state index in [2.05, 4.69) is 10.6 Å². The van der Waals surface area contributed by atoms with Gasteiger partial charge in [-0.25, -0.2) is 12.8 Å². The fraction of sp³-hybridized carbons (Fsp3) is 0.321. The molecule has 3 aromatic carbocycles. The summed E-state index contributed by atoms with van der Waals surface area (Å²) in [6.45, 7) is 2.94. The molecular formula is C28H28F3N3O4S. The van der Waals surface area contributed by atoms with Gasteiger partial charge in [0.2, 0.25) is 0 Å². The highest BCUT2D eigenvalue weighted by Gasteiger charge is 2.53. The van der Waals surface area contributed by atoms with Gasteiger partial charge in [-0.3, -0.25) is 9.10 Å². The van der Waals surface area contributed by atoms with Gasteiger partial charge < -0.3 is 15.7 Å². The lowest BCUT2D eigenvalue weighted by Gasteiger charge is -2.40. The van der Waals surface area contributed by atoms with Crippen molar-refractivity contribution in [3.05, 3.63) is 94.8 Å². The van der Waals surface area contributed by atoms with E-state index in [1.54, 1.807) is 12.1 Å². The molecule has 2 aliphatic rings. The lowest BCUT2D eigenvalue weighted by molar-refractivity contribution is -0.209. The van der Waals surface area contributed by atoms with Gasteiger partial charge in [-0.05, 0) is 92.5 Å². The van der Waals surface area contributed by atoms with Gasteiger partial charge in [-0.1, -0.05) is 18.2 Å². The molecule has 0 bridgehead atoms. The minimum Gasteiger partial charge on any atom is -0.348 e. The van der Waals surface area contributed by atoms with Crippen molar-refractivity contribution in [1.82, 2.24) is 10.6 Å². The Bertz CT molecular complexity index is 1500. The Hall–Kier alpha value is -3.41. The van der Waals surface area contributed by atoms with Crippen LogP contribution in [0.3, 0.4) is 0 Å². The van der Waals surface area contributed by atoms with E-state index in [9.17, 15) is 31.5 Å². The first-order valence-corrected chi connectivity index (χ1v) is 14.0. The average molecular weight is 560 g/mol. The molecule has 39 heavy (non-hydrogen) atoms. The predicted molar refractivity (Wildman–Crippen MR) is 139 cm³/mol. The van der Waals surface area contributed by atoms with Gasteiger partial charge in [0, 0.05) is 17.5 Å². The lowest BCUT2D eigenvalue weighted by Crippen LogP contribution is -2.50. The number of fused-ring (bicyclic) bond motifs is 2. The van der Waals surface area contributed by atoms with Crippen LogP contribution in [0.4, 0.5) is 18.9 Å². The van der Waals surface area contributed by atoms with Crippen LogP contribution in [0.1, 0.15) is 46.8 Å². The monoisotopic (exact) mass is 559 g/mol. The maximum Gasteiger partial charge on any atom is 0.381 e. The number of piperidine rings is 1. The molecule has 1 amide bonds. The van der Waals surface area contributed by atoms with Crippen LogP contribution in [-0.4, -0.2) is 38.6 Å². The van der Waals surface area contributed by atoms with Crippen LogP contribution in [-0.2, 0) is 28.1 Å². The Morgan fingerprint density at radius 2 is 1.77 bits per heavy atom. The van der Waals surface area contributed by atoms with E-state index in [0.29, 0.717) is 31.6 Å². The number of anilines is 1. The third kappa shape index (κ3) is 4.79. The van der Waals surface area contributed by atoms with Crippen molar-refractivity contribution in [2.24, 2.45) is 0 Å². The lowest BCUT2D eigenvalue weighted by atomic mass is 9.70. The first-order valence-electron chi connectivity index (χ1n) is 12.6. The molecule has 3 N–H and O–H groups in total. The smallest absolute Gasteiger partial charge is 0.348 e. The maximum absolute atomic E-state index is 13.8. The Labute approximate surface area is 224 Å². The summed E-state index contributed by atoms with van der Waals surface area (Å²) in [5, 5.41) is 15.1. The number of hydrogen-bond acceptors (Lipinski definition) is 5. The minimum absolute atomic E-state index is 0.0335. The Kier molecular flexibility index (Phi) is 6.94. The zero-order valence-electron chi connectivity index (χ0n) is 21.1. The highest BCUT2D eigenvalue weighted by Crippen LogP contribution is 2.52. The highest BCUT2D eigenvalue weighted by atomic mass is 32.2. The number of carbonyl (C=O) groups is 1.